The first-order valence-corrected chi connectivity index (χ1v) is 6.94. The van der Waals surface area contributed by atoms with Gasteiger partial charge in [0.2, 0.25) is 0 Å². The molecule has 0 aliphatic carbocycles. The van der Waals surface area contributed by atoms with Crippen molar-refractivity contribution in [3.8, 4) is 0 Å². The van der Waals surface area contributed by atoms with Gasteiger partial charge in [-0.3, -0.25) is 0 Å². The largest absolute Gasteiger partial charge is 0.388 e. The van der Waals surface area contributed by atoms with Gasteiger partial charge in [0.1, 0.15) is 24.4 Å². The molecule has 1 aliphatic heterocycles. The van der Waals surface area contributed by atoms with Gasteiger partial charge in [-0.25, -0.2) is 4.99 Å². The summed E-state index contributed by atoms with van der Waals surface area (Å²) in [4.78, 5) is 3.86. The number of aliphatic hydroxyl groups excluding tert-OH is 3. The smallest absolute Gasteiger partial charge is 0.187 e. The molecular formula is C14H17NO5S. The predicted molar refractivity (Wildman–Crippen MR) is 77.9 cm³/mol. The van der Waals surface area contributed by atoms with Crippen LogP contribution in [0, 0.1) is 0 Å². The van der Waals surface area contributed by atoms with E-state index in [4.69, 9.17) is 9.47 Å². The van der Waals surface area contributed by atoms with Crippen molar-refractivity contribution in [2.75, 3.05) is 13.2 Å². The van der Waals surface area contributed by atoms with Gasteiger partial charge >= 0.3 is 0 Å². The summed E-state index contributed by atoms with van der Waals surface area (Å²) in [6.07, 6.45) is -5.32. The van der Waals surface area contributed by atoms with E-state index in [-0.39, 0.29) is 13.2 Å². The molecule has 0 radical (unpaired) electrons. The van der Waals surface area contributed by atoms with E-state index in [1.165, 1.54) is 0 Å². The van der Waals surface area contributed by atoms with Crippen LogP contribution in [0.2, 0.25) is 0 Å². The molecule has 0 spiro atoms. The van der Waals surface area contributed by atoms with Crippen LogP contribution in [0.1, 0.15) is 11.7 Å². The Kier molecular flexibility index (Phi) is 5.96. The fourth-order valence-electron chi connectivity index (χ4n) is 2.08. The minimum Gasteiger partial charge on any atom is -0.388 e. The van der Waals surface area contributed by atoms with Crippen LogP contribution in [-0.2, 0) is 9.47 Å². The van der Waals surface area contributed by atoms with Crippen molar-refractivity contribution in [3.05, 3.63) is 35.9 Å². The molecule has 1 saturated heterocycles. The average Bonchev–Trinajstić information content (AvgIpc) is 2.52. The summed E-state index contributed by atoms with van der Waals surface area (Å²) in [6, 6.07) is 9.27. The Hall–Kier alpha value is -1.18. The minimum absolute atomic E-state index is 0.110. The van der Waals surface area contributed by atoms with E-state index in [2.05, 4.69) is 22.4 Å². The van der Waals surface area contributed by atoms with Crippen molar-refractivity contribution in [1.29, 1.82) is 0 Å². The Labute approximate surface area is 127 Å². The van der Waals surface area contributed by atoms with Gasteiger partial charge in [0.15, 0.2) is 6.29 Å². The zero-order valence-electron chi connectivity index (χ0n) is 11.2. The van der Waals surface area contributed by atoms with Crippen LogP contribution in [0.3, 0.4) is 0 Å². The molecule has 0 aromatic heterocycles. The number of hydrogen-bond acceptors (Lipinski definition) is 7. The van der Waals surface area contributed by atoms with E-state index < -0.39 is 30.7 Å². The number of aliphatic imine (C=N–C) groups is 1. The van der Waals surface area contributed by atoms with E-state index in [0.29, 0.717) is 0 Å². The standard InChI is InChI=1S/C14H17NO5S/c16-10-7-19-14(13(18)12(10)17)20-11(6-15-8-21)9-4-2-1-3-5-9/h1-5,10-14,16-18H,6-7H2/t10-,11?,12-,13+,14-/m0/s1. The fraction of sp³-hybridized carbons (Fsp3) is 0.500. The summed E-state index contributed by atoms with van der Waals surface area (Å²) in [5.74, 6) is 0. The molecule has 1 unspecified atom stereocenters. The van der Waals surface area contributed by atoms with E-state index in [1.807, 2.05) is 30.3 Å². The van der Waals surface area contributed by atoms with Crippen molar-refractivity contribution >= 4 is 17.4 Å². The maximum atomic E-state index is 9.90. The zero-order chi connectivity index (χ0) is 15.2. The van der Waals surface area contributed by atoms with Gasteiger partial charge in [-0.1, -0.05) is 30.3 Å². The summed E-state index contributed by atoms with van der Waals surface area (Å²) >= 11 is 4.56. The van der Waals surface area contributed by atoms with Gasteiger partial charge in [0.05, 0.1) is 18.3 Å². The molecule has 3 N–H and O–H groups in total. The first kappa shape index (κ1) is 16.2. The van der Waals surface area contributed by atoms with Gasteiger partial charge in [-0.15, -0.1) is 0 Å². The van der Waals surface area contributed by atoms with Crippen molar-refractivity contribution in [3.63, 3.8) is 0 Å². The molecule has 1 aromatic carbocycles. The maximum absolute atomic E-state index is 9.90. The highest BCUT2D eigenvalue weighted by Crippen LogP contribution is 2.25. The molecule has 1 aliphatic rings. The van der Waals surface area contributed by atoms with Crippen LogP contribution in [0.25, 0.3) is 0 Å². The van der Waals surface area contributed by atoms with Crippen molar-refractivity contribution in [1.82, 2.24) is 0 Å². The highest BCUT2D eigenvalue weighted by atomic mass is 32.1. The van der Waals surface area contributed by atoms with Gasteiger partial charge < -0.3 is 24.8 Å². The third-order valence-electron chi connectivity index (χ3n) is 3.25. The predicted octanol–water partition coefficient (Wildman–Crippen LogP) is 0.286. The van der Waals surface area contributed by atoms with Crippen LogP contribution in [0.5, 0.6) is 0 Å². The molecule has 0 amide bonds. The lowest BCUT2D eigenvalue weighted by Crippen LogP contribution is -2.54. The summed E-state index contributed by atoms with van der Waals surface area (Å²) in [6.45, 7) is 0.111. The van der Waals surface area contributed by atoms with Crippen molar-refractivity contribution in [2.45, 2.75) is 30.7 Å². The summed E-state index contributed by atoms with van der Waals surface area (Å²) in [7, 11) is 0. The summed E-state index contributed by atoms with van der Waals surface area (Å²) < 4.78 is 10.9. The second kappa shape index (κ2) is 7.72. The molecule has 1 heterocycles. The Morgan fingerprint density at radius 1 is 1.29 bits per heavy atom. The molecule has 21 heavy (non-hydrogen) atoms. The number of rotatable bonds is 5. The van der Waals surface area contributed by atoms with Crippen LogP contribution in [-0.4, -0.2) is 58.2 Å². The summed E-state index contributed by atoms with van der Waals surface area (Å²) in [5.41, 5.74) is 0.836. The van der Waals surface area contributed by atoms with E-state index in [0.717, 1.165) is 5.56 Å². The van der Waals surface area contributed by atoms with E-state index in [1.54, 1.807) is 0 Å². The average molecular weight is 311 g/mol. The molecule has 114 valence electrons. The highest BCUT2D eigenvalue weighted by Gasteiger charge is 2.39. The topological polar surface area (TPSA) is 91.5 Å². The Morgan fingerprint density at radius 2 is 2.00 bits per heavy atom. The van der Waals surface area contributed by atoms with Gasteiger partial charge in [-0.05, 0) is 17.8 Å². The van der Waals surface area contributed by atoms with Gasteiger partial charge in [0, 0.05) is 0 Å². The van der Waals surface area contributed by atoms with Crippen molar-refractivity contribution < 1.29 is 24.8 Å². The third-order valence-corrected chi connectivity index (χ3v) is 3.37. The summed E-state index contributed by atoms with van der Waals surface area (Å²) in [5, 5.41) is 31.3. The SMILES string of the molecule is O[C@@H]1[C@@H](O)[C@H](OC(CN=C=S)c2ccccc2)OC[C@@H]1O. The number of aliphatic hydroxyl groups is 3. The first-order chi connectivity index (χ1) is 10.1. The molecule has 7 heteroatoms. The lowest BCUT2D eigenvalue weighted by atomic mass is 10.0. The quantitative estimate of drug-likeness (QED) is 0.535. The normalized spacial score (nSPS) is 30.4. The number of hydrogen-bond donors (Lipinski definition) is 3. The molecule has 6 nitrogen and oxygen atoms in total. The van der Waals surface area contributed by atoms with Crippen molar-refractivity contribution in [2.24, 2.45) is 4.99 Å². The lowest BCUT2D eigenvalue weighted by molar-refractivity contribution is -0.282. The van der Waals surface area contributed by atoms with Crippen LogP contribution in [0.4, 0.5) is 0 Å². The number of isothiocyanates is 1. The van der Waals surface area contributed by atoms with Crippen LogP contribution in [0.15, 0.2) is 35.3 Å². The number of benzene rings is 1. The lowest BCUT2D eigenvalue weighted by Gasteiger charge is -2.36. The molecule has 0 saturated carbocycles. The molecule has 2 rings (SSSR count). The van der Waals surface area contributed by atoms with Gasteiger partial charge in [-0.2, -0.15) is 0 Å². The fourth-order valence-corrected chi connectivity index (χ4v) is 2.15. The second-order valence-electron chi connectivity index (χ2n) is 4.72. The van der Waals surface area contributed by atoms with Crippen LogP contribution >= 0.6 is 12.2 Å². The highest BCUT2D eigenvalue weighted by molar-refractivity contribution is 7.78. The van der Waals surface area contributed by atoms with E-state index >= 15 is 0 Å². The zero-order valence-corrected chi connectivity index (χ0v) is 12.0. The Morgan fingerprint density at radius 3 is 2.67 bits per heavy atom. The number of nitrogens with zero attached hydrogens (tertiary/aromatic N) is 1. The molecule has 1 fully saturated rings. The Bertz CT molecular complexity index is 493. The molecule has 1 aromatic rings. The molecular weight excluding hydrogens is 294 g/mol. The van der Waals surface area contributed by atoms with Gasteiger partial charge in [0.25, 0.3) is 0 Å². The molecule has 5 atom stereocenters. The second-order valence-corrected chi connectivity index (χ2v) is 4.90. The van der Waals surface area contributed by atoms with E-state index in [9.17, 15) is 15.3 Å². The Balaban J connectivity index is 2.10. The minimum atomic E-state index is -1.34. The van der Waals surface area contributed by atoms with Crippen LogP contribution < -0.4 is 0 Å². The maximum Gasteiger partial charge on any atom is 0.187 e. The third kappa shape index (κ3) is 4.15. The molecule has 0 bridgehead atoms. The number of ether oxygens (including phenoxy) is 2. The first-order valence-electron chi connectivity index (χ1n) is 6.53. The monoisotopic (exact) mass is 311 g/mol. The number of thiocarbonyl (C=S) groups is 1.